The lowest BCUT2D eigenvalue weighted by Gasteiger charge is -2.10. The van der Waals surface area contributed by atoms with Gasteiger partial charge in [-0.1, -0.05) is 6.92 Å². The van der Waals surface area contributed by atoms with E-state index in [0.717, 1.165) is 25.2 Å². The number of ether oxygens (including phenoxy) is 1. The Kier molecular flexibility index (Phi) is 6.89. The normalized spacial score (nSPS) is 10.5. The molecular weight excluding hydrogens is 242 g/mol. The Morgan fingerprint density at radius 1 is 1.42 bits per heavy atom. The third-order valence-electron chi connectivity index (χ3n) is 2.35. The molecule has 0 aliphatic carbocycles. The Bertz CT molecular complexity index is 377. The minimum Gasteiger partial charge on any atom is -0.482 e. The van der Waals surface area contributed by atoms with Crippen LogP contribution < -0.4 is 15.4 Å². The summed E-state index contributed by atoms with van der Waals surface area (Å²) in [6.07, 6.45) is 2.75. The van der Waals surface area contributed by atoms with Crippen LogP contribution in [-0.4, -0.2) is 30.1 Å². The molecule has 5 nitrogen and oxygen atoms in total. The van der Waals surface area contributed by atoms with Gasteiger partial charge in [-0.25, -0.2) is 0 Å². The number of aromatic nitrogens is 1. The molecule has 0 radical (unpaired) electrons. The fourth-order valence-corrected chi connectivity index (χ4v) is 1.51. The number of nitrogens with one attached hydrogen (secondary N) is 2. The van der Waals surface area contributed by atoms with Gasteiger partial charge in [0.15, 0.2) is 6.61 Å². The van der Waals surface area contributed by atoms with Crippen LogP contribution in [0, 0.1) is 0 Å². The third-order valence-corrected chi connectivity index (χ3v) is 2.35. The van der Waals surface area contributed by atoms with Gasteiger partial charge in [0.05, 0.1) is 11.9 Å². The smallest absolute Gasteiger partial charge is 0.258 e. The van der Waals surface area contributed by atoms with Gasteiger partial charge in [0.25, 0.3) is 5.91 Å². The summed E-state index contributed by atoms with van der Waals surface area (Å²) >= 11 is 0. The zero-order valence-electron chi connectivity index (χ0n) is 11.9. The highest BCUT2D eigenvalue weighted by Crippen LogP contribution is 2.08. The number of nitrogens with zero attached hydrogens (tertiary/aromatic N) is 1. The van der Waals surface area contributed by atoms with Crippen molar-refractivity contribution in [2.75, 3.05) is 13.2 Å². The van der Waals surface area contributed by atoms with Gasteiger partial charge in [-0.3, -0.25) is 9.78 Å². The zero-order chi connectivity index (χ0) is 14.1. The van der Waals surface area contributed by atoms with Crippen molar-refractivity contribution in [2.45, 2.75) is 39.8 Å². The maximum atomic E-state index is 11.4. The lowest BCUT2D eigenvalue weighted by Crippen LogP contribution is -2.34. The Morgan fingerprint density at radius 3 is 2.79 bits per heavy atom. The van der Waals surface area contributed by atoms with E-state index in [1.54, 1.807) is 6.20 Å². The molecular formula is C14H23N3O2. The SMILES string of the molecule is CCCNCc1ccc(OCC(=O)NC(C)C)cn1. The lowest BCUT2D eigenvalue weighted by molar-refractivity contribution is -0.123. The largest absolute Gasteiger partial charge is 0.482 e. The number of pyridine rings is 1. The van der Waals surface area contributed by atoms with Gasteiger partial charge < -0.3 is 15.4 Å². The van der Waals surface area contributed by atoms with E-state index < -0.39 is 0 Å². The van der Waals surface area contributed by atoms with Crippen molar-refractivity contribution in [1.29, 1.82) is 0 Å². The van der Waals surface area contributed by atoms with Gasteiger partial charge in [0.1, 0.15) is 5.75 Å². The summed E-state index contributed by atoms with van der Waals surface area (Å²) < 4.78 is 5.35. The topological polar surface area (TPSA) is 63.2 Å². The minimum atomic E-state index is -0.122. The third kappa shape index (κ3) is 6.76. The zero-order valence-corrected chi connectivity index (χ0v) is 11.9. The van der Waals surface area contributed by atoms with E-state index in [2.05, 4.69) is 22.5 Å². The predicted octanol–water partition coefficient (Wildman–Crippen LogP) is 1.48. The van der Waals surface area contributed by atoms with Crippen LogP contribution in [0.25, 0.3) is 0 Å². The molecule has 0 fully saturated rings. The average Bonchev–Trinajstić information content (AvgIpc) is 2.37. The summed E-state index contributed by atoms with van der Waals surface area (Å²) in [5.41, 5.74) is 0.965. The highest BCUT2D eigenvalue weighted by atomic mass is 16.5. The van der Waals surface area contributed by atoms with E-state index in [0.29, 0.717) is 5.75 Å². The van der Waals surface area contributed by atoms with Crippen molar-refractivity contribution in [1.82, 2.24) is 15.6 Å². The van der Waals surface area contributed by atoms with Gasteiger partial charge in [0.2, 0.25) is 0 Å². The predicted molar refractivity (Wildman–Crippen MR) is 75.0 cm³/mol. The van der Waals surface area contributed by atoms with Crippen molar-refractivity contribution in [3.8, 4) is 5.75 Å². The second kappa shape index (κ2) is 8.48. The quantitative estimate of drug-likeness (QED) is 0.699. The summed E-state index contributed by atoms with van der Waals surface area (Å²) in [5.74, 6) is 0.488. The Hall–Kier alpha value is -1.62. The number of hydrogen-bond donors (Lipinski definition) is 2. The van der Waals surface area contributed by atoms with Crippen LogP contribution in [0.2, 0.25) is 0 Å². The summed E-state index contributed by atoms with van der Waals surface area (Å²) in [4.78, 5) is 15.7. The molecule has 19 heavy (non-hydrogen) atoms. The van der Waals surface area contributed by atoms with Crippen LogP contribution in [-0.2, 0) is 11.3 Å². The molecule has 0 bridgehead atoms. The summed E-state index contributed by atoms with van der Waals surface area (Å²) in [7, 11) is 0. The van der Waals surface area contributed by atoms with Crippen molar-refractivity contribution >= 4 is 5.91 Å². The molecule has 0 atom stereocenters. The number of carbonyl (C=O) groups is 1. The van der Waals surface area contributed by atoms with Crippen molar-refractivity contribution in [3.63, 3.8) is 0 Å². The molecule has 0 aliphatic heterocycles. The summed E-state index contributed by atoms with van der Waals surface area (Å²) in [6.45, 7) is 7.71. The molecule has 1 heterocycles. The van der Waals surface area contributed by atoms with E-state index in [1.165, 1.54) is 0 Å². The van der Waals surface area contributed by atoms with Gasteiger partial charge in [-0.05, 0) is 38.9 Å². The van der Waals surface area contributed by atoms with Crippen molar-refractivity contribution in [3.05, 3.63) is 24.0 Å². The molecule has 1 aromatic rings. The molecule has 2 N–H and O–H groups in total. The Balaban J connectivity index is 2.33. The standard InChI is InChI=1S/C14H23N3O2/c1-4-7-15-8-12-5-6-13(9-16-12)19-10-14(18)17-11(2)3/h5-6,9,11,15H,4,7-8,10H2,1-3H3,(H,17,18). The van der Waals surface area contributed by atoms with Crippen LogP contribution >= 0.6 is 0 Å². The molecule has 1 amide bonds. The number of amides is 1. The highest BCUT2D eigenvalue weighted by Gasteiger charge is 2.04. The number of rotatable bonds is 8. The van der Waals surface area contributed by atoms with Crippen LogP contribution in [0.5, 0.6) is 5.75 Å². The van der Waals surface area contributed by atoms with E-state index >= 15 is 0 Å². The summed E-state index contributed by atoms with van der Waals surface area (Å²) in [6, 6.07) is 3.86. The first-order valence-electron chi connectivity index (χ1n) is 6.69. The molecule has 0 saturated heterocycles. The van der Waals surface area contributed by atoms with Crippen LogP contribution in [0.15, 0.2) is 18.3 Å². The molecule has 0 aliphatic rings. The van der Waals surface area contributed by atoms with Gasteiger partial charge in [0, 0.05) is 12.6 Å². The van der Waals surface area contributed by atoms with E-state index in [-0.39, 0.29) is 18.6 Å². The van der Waals surface area contributed by atoms with Crippen LogP contribution in [0.1, 0.15) is 32.9 Å². The van der Waals surface area contributed by atoms with E-state index in [4.69, 9.17) is 4.74 Å². The average molecular weight is 265 g/mol. The van der Waals surface area contributed by atoms with Gasteiger partial charge >= 0.3 is 0 Å². The lowest BCUT2D eigenvalue weighted by atomic mass is 10.3. The fourth-order valence-electron chi connectivity index (χ4n) is 1.51. The van der Waals surface area contributed by atoms with Gasteiger partial charge in [-0.2, -0.15) is 0 Å². The van der Waals surface area contributed by atoms with Gasteiger partial charge in [-0.15, -0.1) is 0 Å². The maximum Gasteiger partial charge on any atom is 0.258 e. The molecule has 0 spiro atoms. The molecule has 5 heteroatoms. The van der Waals surface area contributed by atoms with Crippen LogP contribution in [0.3, 0.4) is 0 Å². The van der Waals surface area contributed by atoms with Crippen molar-refractivity contribution in [2.24, 2.45) is 0 Å². The second-order valence-electron chi connectivity index (χ2n) is 4.67. The molecule has 1 rings (SSSR count). The monoisotopic (exact) mass is 265 g/mol. The van der Waals surface area contributed by atoms with Crippen molar-refractivity contribution < 1.29 is 9.53 Å². The summed E-state index contributed by atoms with van der Waals surface area (Å²) in [5, 5.41) is 6.04. The number of carbonyl (C=O) groups excluding carboxylic acids is 1. The number of hydrogen-bond acceptors (Lipinski definition) is 4. The highest BCUT2D eigenvalue weighted by molar-refractivity contribution is 5.77. The molecule has 1 aromatic heterocycles. The van der Waals surface area contributed by atoms with E-state index in [9.17, 15) is 4.79 Å². The first-order chi connectivity index (χ1) is 9.11. The molecule has 106 valence electrons. The molecule has 0 aromatic carbocycles. The molecule has 0 saturated carbocycles. The fraction of sp³-hybridized carbons (Fsp3) is 0.571. The first kappa shape index (κ1) is 15.4. The molecule has 0 unspecified atom stereocenters. The van der Waals surface area contributed by atoms with E-state index in [1.807, 2.05) is 26.0 Å². The Labute approximate surface area is 114 Å². The minimum absolute atomic E-state index is 0.0211. The second-order valence-corrected chi connectivity index (χ2v) is 4.67. The van der Waals surface area contributed by atoms with Crippen LogP contribution in [0.4, 0.5) is 0 Å². The Morgan fingerprint density at radius 2 is 2.21 bits per heavy atom. The maximum absolute atomic E-state index is 11.4. The first-order valence-corrected chi connectivity index (χ1v) is 6.69.